The van der Waals surface area contributed by atoms with E-state index in [0.29, 0.717) is 12.5 Å². The Kier molecular flexibility index (Phi) is 5.87. The SMILES string of the molecule is COc1ccc2cc(-n3nc(OCCN4CCOCC4)cc3C)ccc2c1OC. The smallest absolute Gasteiger partial charge is 0.233 e. The van der Waals surface area contributed by atoms with E-state index in [1.165, 1.54) is 0 Å². The highest BCUT2D eigenvalue weighted by Crippen LogP contribution is 2.36. The molecule has 3 aromatic rings. The van der Waals surface area contributed by atoms with Crippen LogP contribution in [-0.2, 0) is 4.74 Å². The van der Waals surface area contributed by atoms with Crippen molar-refractivity contribution in [2.75, 3.05) is 53.7 Å². The van der Waals surface area contributed by atoms with Crippen molar-refractivity contribution in [2.45, 2.75) is 6.92 Å². The molecule has 1 aromatic heterocycles. The number of ether oxygens (including phenoxy) is 4. The molecule has 0 spiro atoms. The Morgan fingerprint density at radius 1 is 1.03 bits per heavy atom. The lowest BCUT2D eigenvalue weighted by molar-refractivity contribution is 0.0320. The second-order valence-corrected chi connectivity index (χ2v) is 7.04. The summed E-state index contributed by atoms with van der Waals surface area (Å²) < 4.78 is 24.1. The molecule has 0 bridgehead atoms. The third-order valence-electron chi connectivity index (χ3n) is 5.21. The van der Waals surface area contributed by atoms with Gasteiger partial charge < -0.3 is 18.9 Å². The third kappa shape index (κ3) is 4.16. The largest absolute Gasteiger partial charge is 0.493 e. The number of hydrogen-bond donors (Lipinski definition) is 0. The van der Waals surface area contributed by atoms with E-state index in [-0.39, 0.29) is 0 Å². The molecule has 0 N–H and O–H groups in total. The maximum absolute atomic E-state index is 5.90. The van der Waals surface area contributed by atoms with Crippen LogP contribution in [0.3, 0.4) is 0 Å². The molecule has 1 saturated heterocycles. The normalized spacial score (nSPS) is 14.9. The fraction of sp³-hybridized carbons (Fsp3) is 0.409. The van der Waals surface area contributed by atoms with Crippen molar-refractivity contribution in [1.29, 1.82) is 0 Å². The van der Waals surface area contributed by atoms with Gasteiger partial charge >= 0.3 is 0 Å². The fourth-order valence-corrected chi connectivity index (χ4v) is 3.65. The molecule has 2 heterocycles. The predicted octanol–water partition coefficient (Wildman–Crippen LogP) is 3.06. The van der Waals surface area contributed by atoms with E-state index < -0.39 is 0 Å². The molecule has 7 heteroatoms. The van der Waals surface area contributed by atoms with Crippen molar-refractivity contribution < 1.29 is 18.9 Å². The molecule has 0 radical (unpaired) electrons. The van der Waals surface area contributed by atoms with Crippen molar-refractivity contribution in [3.05, 3.63) is 42.1 Å². The van der Waals surface area contributed by atoms with Gasteiger partial charge in [-0.3, -0.25) is 4.90 Å². The number of aryl methyl sites for hydroxylation is 1. The van der Waals surface area contributed by atoms with E-state index in [2.05, 4.69) is 16.1 Å². The lowest BCUT2D eigenvalue weighted by Crippen LogP contribution is -2.38. The van der Waals surface area contributed by atoms with Gasteiger partial charge in [0, 0.05) is 36.8 Å². The lowest BCUT2D eigenvalue weighted by Gasteiger charge is -2.26. The number of benzene rings is 2. The Bertz CT molecular complexity index is 980. The molecule has 29 heavy (non-hydrogen) atoms. The topological polar surface area (TPSA) is 58.0 Å². The van der Waals surface area contributed by atoms with Crippen molar-refractivity contribution in [1.82, 2.24) is 14.7 Å². The molecular formula is C22H27N3O4. The van der Waals surface area contributed by atoms with Crippen LogP contribution >= 0.6 is 0 Å². The van der Waals surface area contributed by atoms with Crippen molar-refractivity contribution >= 4 is 10.8 Å². The first-order chi connectivity index (χ1) is 14.2. The predicted molar refractivity (Wildman–Crippen MR) is 112 cm³/mol. The van der Waals surface area contributed by atoms with Crippen LogP contribution in [0.4, 0.5) is 0 Å². The molecule has 4 rings (SSSR count). The molecule has 154 valence electrons. The quantitative estimate of drug-likeness (QED) is 0.611. The highest BCUT2D eigenvalue weighted by Gasteiger charge is 2.13. The maximum atomic E-state index is 5.90. The number of morpholine rings is 1. The summed E-state index contributed by atoms with van der Waals surface area (Å²) in [4.78, 5) is 2.35. The van der Waals surface area contributed by atoms with E-state index in [1.54, 1.807) is 14.2 Å². The molecule has 7 nitrogen and oxygen atoms in total. The monoisotopic (exact) mass is 397 g/mol. The van der Waals surface area contributed by atoms with Gasteiger partial charge in [-0.15, -0.1) is 5.10 Å². The van der Waals surface area contributed by atoms with Gasteiger partial charge in [-0.1, -0.05) is 6.07 Å². The molecule has 1 aliphatic rings. The third-order valence-corrected chi connectivity index (χ3v) is 5.21. The second kappa shape index (κ2) is 8.71. The summed E-state index contributed by atoms with van der Waals surface area (Å²) in [5, 5.41) is 6.70. The van der Waals surface area contributed by atoms with Gasteiger partial charge in [-0.2, -0.15) is 0 Å². The van der Waals surface area contributed by atoms with Crippen LogP contribution in [0, 0.1) is 6.92 Å². The van der Waals surface area contributed by atoms with Crippen LogP contribution in [0.1, 0.15) is 5.69 Å². The summed E-state index contributed by atoms with van der Waals surface area (Å²) in [6.45, 7) is 7.04. The van der Waals surface area contributed by atoms with Crippen LogP contribution in [-0.4, -0.2) is 68.4 Å². The maximum Gasteiger partial charge on any atom is 0.233 e. The van der Waals surface area contributed by atoms with E-state index in [1.807, 2.05) is 41.9 Å². The van der Waals surface area contributed by atoms with Crippen LogP contribution in [0.25, 0.3) is 16.5 Å². The summed E-state index contributed by atoms with van der Waals surface area (Å²) >= 11 is 0. The van der Waals surface area contributed by atoms with Gasteiger partial charge in [0.1, 0.15) is 6.61 Å². The average Bonchev–Trinajstić information content (AvgIpc) is 3.13. The molecular weight excluding hydrogens is 370 g/mol. The Hall–Kier alpha value is -2.77. The molecule has 2 aromatic carbocycles. The van der Waals surface area contributed by atoms with Gasteiger partial charge in [-0.25, -0.2) is 4.68 Å². The van der Waals surface area contributed by atoms with Crippen molar-refractivity contribution in [3.63, 3.8) is 0 Å². The molecule has 0 amide bonds. The Morgan fingerprint density at radius 2 is 1.86 bits per heavy atom. The highest BCUT2D eigenvalue weighted by atomic mass is 16.5. The average molecular weight is 397 g/mol. The van der Waals surface area contributed by atoms with E-state index in [9.17, 15) is 0 Å². The molecule has 0 saturated carbocycles. The minimum atomic E-state index is 0.616. The number of fused-ring (bicyclic) bond motifs is 1. The number of methoxy groups -OCH3 is 2. The summed E-state index contributed by atoms with van der Waals surface area (Å²) in [5.74, 6) is 2.10. The Labute approximate surface area is 170 Å². The standard InChI is InChI=1S/C22H27N3O4/c1-16-14-21(29-13-10-24-8-11-28-12-9-24)23-25(16)18-5-6-19-17(15-18)4-7-20(26-2)22(19)27-3/h4-7,14-15H,8-13H2,1-3H3. The second-order valence-electron chi connectivity index (χ2n) is 7.04. The molecule has 0 atom stereocenters. The fourth-order valence-electron chi connectivity index (χ4n) is 3.65. The number of nitrogens with zero attached hydrogens (tertiary/aromatic N) is 3. The summed E-state index contributed by atoms with van der Waals surface area (Å²) in [6.07, 6.45) is 0. The summed E-state index contributed by atoms with van der Waals surface area (Å²) in [7, 11) is 3.30. The van der Waals surface area contributed by atoms with Crippen LogP contribution in [0.15, 0.2) is 36.4 Å². The van der Waals surface area contributed by atoms with Gasteiger partial charge in [-0.05, 0) is 36.6 Å². The first-order valence-electron chi connectivity index (χ1n) is 9.84. The minimum absolute atomic E-state index is 0.616. The molecule has 0 aliphatic carbocycles. The van der Waals surface area contributed by atoms with Gasteiger partial charge in [0.2, 0.25) is 5.88 Å². The van der Waals surface area contributed by atoms with Gasteiger partial charge in [0.15, 0.2) is 11.5 Å². The summed E-state index contributed by atoms with van der Waals surface area (Å²) in [5.41, 5.74) is 2.00. The number of hydrogen-bond acceptors (Lipinski definition) is 6. The molecule has 0 unspecified atom stereocenters. The first-order valence-corrected chi connectivity index (χ1v) is 9.84. The Balaban J connectivity index is 1.51. The zero-order valence-corrected chi connectivity index (χ0v) is 17.2. The zero-order chi connectivity index (χ0) is 20.2. The zero-order valence-electron chi connectivity index (χ0n) is 17.2. The highest BCUT2D eigenvalue weighted by molar-refractivity contribution is 5.92. The van der Waals surface area contributed by atoms with E-state index in [4.69, 9.17) is 18.9 Å². The van der Waals surface area contributed by atoms with Crippen molar-refractivity contribution in [2.24, 2.45) is 0 Å². The van der Waals surface area contributed by atoms with E-state index >= 15 is 0 Å². The van der Waals surface area contributed by atoms with Crippen LogP contribution < -0.4 is 14.2 Å². The van der Waals surface area contributed by atoms with Crippen LogP contribution in [0.5, 0.6) is 17.4 Å². The van der Waals surface area contributed by atoms with E-state index in [0.717, 1.165) is 66.5 Å². The minimum Gasteiger partial charge on any atom is -0.493 e. The molecule has 1 fully saturated rings. The van der Waals surface area contributed by atoms with Crippen LogP contribution in [0.2, 0.25) is 0 Å². The van der Waals surface area contributed by atoms with Crippen molar-refractivity contribution in [3.8, 4) is 23.1 Å². The Morgan fingerprint density at radius 3 is 2.62 bits per heavy atom. The lowest BCUT2D eigenvalue weighted by atomic mass is 10.1. The first kappa shape index (κ1) is 19.5. The summed E-state index contributed by atoms with van der Waals surface area (Å²) in [6, 6.07) is 12.1. The number of rotatable bonds is 7. The molecule has 1 aliphatic heterocycles. The van der Waals surface area contributed by atoms with Gasteiger partial charge in [0.25, 0.3) is 0 Å². The number of aromatic nitrogens is 2. The van der Waals surface area contributed by atoms with Gasteiger partial charge in [0.05, 0.1) is 33.1 Å².